The number of anilines is 1. The van der Waals surface area contributed by atoms with E-state index in [1.165, 1.54) is 0 Å². The fraction of sp³-hybridized carbons (Fsp3) is 0.333. The average Bonchev–Trinajstić information content (AvgIpc) is 2.86. The number of hydrogen-bond acceptors (Lipinski definition) is 3. The van der Waals surface area contributed by atoms with Crippen LogP contribution in [0, 0.1) is 5.92 Å². The Morgan fingerprint density at radius 3 is 3.00 bits per heavy atom. The van der Waals surface area contributed by atoms with E-state index in [0.29, 0.717) is 6.42 Å². The molecule has 0 unspecified atom stereocenters. The molecule has 1 heterocycles. The predicted octanol–water partition coefficient (Wildman–Crippen LogP) is 0.967. The number of carboxylic acid groups (broad SMARTS) is 1. The minimum atomic E-state index is -0.728. The van der Waals surface area contributed by atoms with E-state index in [0.717, 1.165) is 5.82 Å². The number of pyridine rings is 1. The first-order chi connectivity index (χ1) is 6.27. The zero-order chi connectivity index (χ0) is 9.26. The lowest BCUT2D eigenvalue weighted by atomic mass is 10.4. The molecule has 1 aliphatic carbocycles. The molecule has 0 aromatic carbocycles. The summed E-state index contributed by atoms with van der Waals surface area (Å²) >= 11 is 0. The summed E-state index contributed by atoms with van der Waals surface area (Å²) in [6, 6.07) is 5.59. The van der Waals surface area contributed by atoms with Gasteiger partial charge in [0, 0.05) is 12.2 Å². The molecular weight excluding hydrogens is 168 g/mol. The number of aliphatic carboxylic acids is 1. The quantitative estimate of drug-likeness (QED) is 0.723. The fourth-order valence-corrected chi connectivity index (χ4v) is 1.27. The Bertz CT molecular complexity index is 313. The van der Waals surface area contributed by atoms with Crippen LogP contribution in [0.1, 0.15) is 6.42 Å². The van der Waals surface area contributed by atoms with Gasteiger partial charge in [0.25, 0.3) is 0 Å². The Kier molecular flexibility index (Phi) is 1.88. The van der Waals surface area contributed by atoms with Gasteiger partial charge in [0.05, 0.1) is 5.92 Å². The summed E-state index contributed by atoms with van der Waals surface area (Å²) < 4.78 is 0. The molecule has 0 spiro atoms. The second kappa shape index (κ2) is 3.05. The third kappa shape index (κ3) is 1.77. The molecule has 0 bridgehead atoms. The zero-order valence-corrected chi connectivity index (χ0v) is 6.97. The lowest BCUT2D eigenvalue weighted by Crippen LogP contribution is -2.10. The summed E-state index contributed by atoms with van der Waals surface area (Å²) in [7, 11) is 0. The summed E-state index contributed by atoms with van der Waals surface area (Å²) in [5.41, 5.74) is 0. The molecule has 1 saturated carbocycles. The van der Waals surface area contributed by atoms with E-state index in [4.69, 9.17) is 5.11 Å². The van der Waals surface area contributed by atoms with E-state index in [2.05, 4.69) is 10.3 Å². The van der Waals surface area contributed by atoms with Crippen molar-refractivity contribution in [3.8, 4) is 0 Å². The largest absolute Gasteiger partial charge is 0.481 e. The van der Waals surface area contributed by atoms with Crippen molar-refractivity contribution in [2.24, 2.45) is 5.92 Å². The number of carboxylic acids is 1. The smallest absolute Gasteiger partial charge is 0.308 e. The SMILES string of the molecule is O=C(O)[C@H]1C[C@@H]1Nc1ccccn1. The Labute approximate surface area is 75.6 Å². The number of carbonyl (C=O) groups is 1. The third-order valence-corrected chi connectivity index (χ3v) is 2.11. The predicted molar refractivity (Wildman–Crippen MR) is 47.4 cm³/mol. The zero-order valence-electron chi connectivity index (χ0n) is 6.97. The van der Waals surface area contributed by atoms with E-state index >= 15 is 0 Å². The van der Waals surface area contributed by atoms with Gasteiger partial charge in [0.2, 0.25) is 0 Å². The Balaban J connectivity index is 1.92. The highest BCUT2D eigenvalue weighted by Crippen LogP contribution is 2.32. The van der Waals surface area contributed by atoms with Crippen molar-refractivity contribution >= 4 is 11.8 Å². The summed E-state index contributed by atoms with van der Waals surface area (Å²) in [6.45, 7) is 0. The third-order valence-electron chi connectivity index (χ3n) is 2.11. The van der Waals surface area contributed by atoms with Gasteiger partial charge >= 0.3 is 5.97 Å². The van der Waals surface area contributed by atoms with Gasteiger partial charge in [-0.2, -0.15) is 0 Å². The maximum absolute atomic E-state index is 10.5. The van der Waals surface area contributed by atoms with Crippen LogP contribution in [-0.4, -0.2) is 22.1 Å². The van der Waals surface area contributed by atoms with Gasteiger partial charge in [-0.1, -0.05) is 6.07 Å². The van der Waals surface area contributed by atoms with E-state index in [9.17, 15) is 4.79 Å². The molecule has 2 N–H and O–H groups in total. The highest BCUT2D eigenvalue weighted by molar-refractivity contribution is 5.75. The molecule has 1 aliphatic rings. The van der Waals surface area contributed by atoms with Crippen LogP contribution in [0.2, 0.25) is 0 Å². The van der Waals surface area contributed by atoms with Crippen LogP contribution in [0.4, 0.5) is 5.82 Å². The molecule has 1 aromatic rings. The van der Waals surface area contributed by atoms with E-state index < -0.39 is 5.97 Å². The van der Waals surface area contributed by atoms with Gasteiger partial charge in [-0.15, -0.1) is 0 Å². The normalized spacial score (nSPS) is 25.2. The van der Waals surface area contributed by atoms with Gasteiger partial charge < -0.3 is 10.4 Å². The number of nitrogens with zero attached hydrogens (tertiary/aromatic N) is 1. The number of rotatable bonds is 3. The maximum Gasteiger partial charge on any atom is 0.308 e. The van der Waals surface area contributed by atoms with Gasteiger partial charge in [-0.25, -0.2) is 4.98 Å². The number of aromatic nitrogens is 1. The molecule has 1 fully saturated rings. The number of nitrogens with one attached hydrogen (secondary N) is 1. The summed E-state index contributed by atoms with van der Waals surface area (Å²) in [6.07, 6.45) is 2.38. The molecule has 0 amide bonds. The maximum atomic E-state index is 10.5. The first-order valence-electron chi connectivity index (χ1n) is 4.18. The second-order valence-corrected chi connectivity index (χ2v) is 3.15. The monoisotopic (exact) mass is 178 g/mol. The van der Waals surface area contributed by atoms with E-state index in [1.54, 1.807) is 6.20 Å². The minimum absolute atomic E-state index is 0.0624. The topological polar surface area (TPSA) is 62.2 Å². The van der Waals surface area contributed by atoms with Crippen LogP contribution in [0.15, 0.2) is 24.4 Å². The fourth-order valence-electron chi connectivity index (χ4n) is 1.27. The highest BCUT2D eigenvalue weighted by Gasteiger charge is 2.43. The summed E-state index contributed by atoms with van der Waals surface area (Å²) in [4.78, 5) is 14.6. The van der Waals surface area contributed by atoms with E-state index in [1.807, 2.05) is 18.2 Å². The molecule has 13 heavy (non-hydrogen) atoms. The molecule has 0 aliphatic heterocycles. The average molecular weight is 178 g/mol. The highest BCUT2D eigenvalue weighted by atomic mass is 16.4. The van der Waals surface area contributed by atoms with Gasteiger partial charge in [0.1, 0.15) is 5.82 Å². The van der Waals surface area contributed by atoms with Crippen LogP contribution >= 0.6 is 0 Å². The minimum Gasteiger partial charge on any atom is -0.481 e. The van der Waals surface area contributed by atoms with Gasteiger partial charge in [-0.3, -0.25) is 4.79 Å². The van der Waals surface area contributed by atoms with E-state index in [-0.39, 0.29) is 12.0 Å². The van der Waals surface area contributed by atoms with Crippen molar-refractivity contribution in [2.75, 3.05) is 5.32 Å². The molecule has 4 heteroatoms. The summed E-state index contributed by atoms with van der Waals surface area (Å²) in [5.74, 6) is -0.216. The molecule has 2 atom stereocenters. The van der Waals surface area contributed by atoms with Gasteiger partial charge in [-0.05, 0) is 18.6 Å². The summed E-state index contributed by atoms with van der Waals surface area (Å²) in [5, 5.41) is 11.7. The molecule has 0 saturated heterocycles. The van der Waals surface area contributed by atoms with Crippen LogP contribution in [-0.2, 0) is 4.79 Å². The first kappa shape index (κ1) is 8.04. The number of hydrogen-bond donors (Lipinski definition) is 2. The second-order valence-electron chi connectivity index (χ2n) is 3.15. The van der Waals surface area contributed by atoms with Crippen LogP contribution in [0.3, 0.4) is 0 Å². The molecular formula is C9H10N2O2. The van der Waals surface area contributed by atoms with Crippen molar-refractivity contribution in [3.05, 3.63) is 24.4 Å². The van der Waals surface area contributed by atoms with Crippen molar-refractivity contribution < 1.29 is 9.90 Å². The first-order valence-corrected chi connectivity index (χ1v) is 4.18. The van der Waals surface area contributed by atoms with Gasteiger partial charge in [0.15, 0.2) is 0 Å². The molecule has 68 valence electrons. The van der Waals surface area contributed by atoms with Crippen LogP contribution in [0.5, 0.6) is 0 Å². The molecule has 4 nitrogen and oxygen atoms in total. The molecule has 2 rings (SSSR count). The standard InChI is InChI=1S/C9H10N2O2/c12-9(13)6-5-7(6)11-8-3-1-2-4-10-8/h1-4,6-7H,5H2,(H,10,11)(H,12,13)/t6-,7-/m0/s1. The lowest BCUT2D eigenvalue weighted by Gasteiger charge is -2.01. The van der Waals surface area contributed by atoms with Crippen LogP contribution in [0.25, 0.3) is 0 Å². The van der Waals surface area contributed by atoms with Crippen molar-refractivity contribution in [2.45, 2.75) is 12.5 Å². The Morgan fingerprint density at radius 2 is 2.46 bits per heavy atom. The Hall–Kier alpha value is -1.58. The Morgan fingerprint density at radius 1 is 1.62 bits per heavy atom. The van der Waals surface area contributed by atoms with Crippen molar-refractivity contribution in [3.63, 3.8) is 0 Å². The van der Waals surface area contributed by atoms with Crippen molar-refractivity contribution in [1.29, 1.82) is 0 Å². The molecule has 0 radical (unpaired) electrons. The van der Waals surface area contributed by atoms with Crippen molar-refractivity contribution in [1.82, 2.24) is 4.98 Å². The lowest BCUT2D eigenvalue weighted by molar-refractivity contribution is -0.138. The molecule has 1 aromatic heterocycles. The van der Waals surface area contributed by atoms with Crippen LogP contribution < -0.4 is 5.32 Å².